The van der Waals surface area contributed by atoms with Gasteiger partial charge in [-0.3, -0.25) is 14.5 Å². The fourth-order valence-electron chi connectivity index (χ4n) is 3.24. The molecule has 29 heavy (non-hydrogen) atoms. The molecule has 1 fully saturated rings. The van der Waals surface area contributed by atoms with Crippen molar-refractivity contribution >= 4 is 28.8 Å². The van der Waals surface area contributed by atoms with E-state index in [-0.39, 0.29) is 24.8 Å². The van der Waals surface area contributed by atoms with E-state index in [2.05, 4.69) is 10.9 Å². The number of hydrogen-bond acceptors (Lipinski definition) is 7. The molecule has 1 aromatic carbocycles. The predicted octanol–water partition coefficient (Wildman–Crippen LogP) is 1.38. The summed E-state index contributed by atoms with van der Waals surface area (Å²) in [6.45, 7) is 0.523. The van der Waals surface area contributed by atoms with Gasteiger partial charge in [0.1, 0.15) is 23.2 Å². The molecule has 2 amide bonds. The maximum atomic E-state index is 13.4. The number of aliphatic hydroxyl groups excluding tert-OH is 1. The lowest BCUT2D eigenvalue weighted by Gasteiger charge is -2.28. The molecule has 8 nitrogen and oxygen atoms in total. The Labute approximate surface area is 172 Å². The van der Waals surface area contributed by atoms with Crippen molar-refractivity contribution < 1.29 is 24.2 Å². The molecule has 152 valence electrons. The Kier molecular flexibility index (Phi) is 6.36. The number of nitrogens with zero attached hydrogens (tertiary/aromatic N) is 3. The van der Waals surface area contributed by atoms with Crippen LogP contribution in [0.25, 0.3) is 0 Å². The van der Waals surface area contributed by atoms with Gasteiger partial charge < -0.3 is 19.5 Å². The smallest absolute Gasteiger partial charge is 0.278 e. The van der Waals surface area contributed by atoms with Crippen molar-refractivity contribution in [3.8, 4) is 23.8 Å². The number of benzene rings is 1. The SMILES string of the molecule is C#Cc1nc(C(=O)N(c2cc(OC)cc(OC)c2)C2CCN(CCO)C2=O)cs1. The molecule has 1 unspecified atom stereocenters. The number of thiazole rings is 1. The average molecular weight is 415 g/mol. The van der Waals surface area contributed by atoms with Crippen molar-refractivity contribution in [2.45, 2.75) is 12.5 Å². The first-order valence-electron chi connectivity index (χ1n) is 8.90. The molecular formula is C20H21N3O5S. The molecule has 9 heteroatoms. The van der Waals surface area contributed by atoms with Crippen molar-refractivity contribution in [1.29, 1.82) is 0 Å². The second-order valence-corrected chi connectivity index (χ2v) is 7.14. The van der Waals surface area contributed by atoms with Gasteiger partial charge in [-0.15, -0.1) is 17.8 Å². The molecule has 0 spiro atoms. The summed E-state index contributed by atoms with van der Waals surface area (Å²) in [6.07, 6.45) is 5.80. The van der Waals surface area contributed by atoms with Crippen LogP contribution in [0.5, 0.6) is 11.5 Å². The van der Waals surface area contributed by atoms with Crippen LogP contribution in [-0.2, 0) is 4.79 Å². The summed E-state index contributed by atoms with van der Waals surface area (Å²) < 4.78 is 10.6. The Morgan fingerprint density at radius 2 is 2.07 bits per heavy atom. The first kappa shape index (κ1) is 20.6. The number of amides is 2. The van der Waals surface area contributed by atoms with Gasteiger partial charge in [-0.05, 0) is 12.3 Å². The van der Waals surface area contributed by atoms with Gasteiger partial charge in [-0.1, -0.05) is 0 Å². The lowest BCUT2D eigenvalue weighted by molar-refractivity contribution is -0.129. The summed E-state index contributed by atoms with van der Waals surface area (Å²) in [5.74, 6) is 2.70. The van der Waals surface area contributed by atoms with E-state index < -0.39 is 11.9 Å². The second-order valence-electron chi connectivity index (χ2n) is 6.28. The van der Waals surface area contributed by atoms with Gasteiger partial charge in [0.2, 0.25) is 5.91 Å². The fraction of sp³-hybridized carbons (Fsp3) is 0.350. The summed E-state index contributed by atoms with van der Waals surface area (Å²) in [6, 6.07) is 4.27. The minimum atomic E-state index is -0.734. The number of methoxy groups -OCH3 is 2. The molecule has 1 saturated heterocycles. The van der Waals surface area contributed by atoms with Crippen molar-refractivity contribution in [3.05, 3.63) is 34.3 Å². The molecule has 1 atom stereocenters. The van der Waals surface area contributed by atoms with Gasteiger partial charge in [0.25, 0.3) is 5.91 Å². The number of likely N-dealkylation sites (tertiary alicyclic amines) is 1. The number of β-amino-alcohol motifs (C(OH)–C–C–N with tert-alkyl or cyclic N) is 1. The van der Waals surface area contributed by atoms with Crippen LogP contribution in [0.4, 0.5) is 5.69 Å². The molecule has 0 radical (unpaired) electrons. The summed E-state index contributed by atoms with van der Waals surface area (Å²) in [7, 11) is 3.02. The lowest BCUT2D eigenvalue weighted by Crippen LogP contribution is -2.46. The largest absolute Gasteiger partial charge is 0.497 e. The zero-order chi connectivity index (χ0) is 21.0. The third-order valence-corrected chi connectivity index (χ3v) is 5.40. The van der Waals surface area contributed by atoms with Crippen LogP contribution < -0.4 is 14.4 Å². The van der Waals surface area contributed by atoms with E-state index in [1.54, 1.807) is 23.6 Å². The minimum Gasteiger partial charge on any atom is -0.497 e. The topological polar surface area (TPSA) is 92.2 Å². The molecule has 1 aromatic heterocycles. The Morgan fingerprint density at radius 3 is 2.62 bits per heavy atom. The van der Waals surface area contributed by atoms with E-state index >= 15 is 0 Å². The van der Waals surface area contributed by atoms with E-state index in [9.17, 15) is 14.7 Å². The summed E-state index contributed by atoms with van der Waals surface area (Å²) in [5.41, 5.74) is 0.615. The maximum Gasteiger partial charge on any atom is 0.278 e. The number of ether oxygens (including phenoxy) is 2. The highest BCUT2D eigenvalue weighted by Crippen LogP contribution is 2.33. The van der Waals surface area contributed by atoms with E-state index in [0.717, 1.165) is 0 Å². The van der Waals surface area contributed by atoms with Crippen molar-refractivity contribution in [2.24, 2.45) is 0 Å². The Bertz CT molecular complexity index is 930. The quantitative estimate of drug-likeness (QED) is 0.687. The molecule has 1 aliphatic rings. The maximum absolute atomic E-state index is 13.4. The molecule has 0 aliphatic carbocycles. The van der Waals surface area contributed by atoms with Gasteiger partial charge in [0.05, 0.1) is 26.5 Å². The van der Waals surface area contributed by atoms with Crippen LogP contribution in [0, 0.1) is 12.3 Å². The van der Waals surface area contributed by atoms with Crippen LogP contribution in [0.1, 0.15) is 21.9 Å². The van der Waals surface area contributed by atoms with Crippen LogP contribution >= 0.6 is 11.3 Å². The first-order valence-corrected chi connectivity index (χ1v) is 9.78. The number of carbonyl (C=O) groups is 2. The lowest BCUT2D eigenvalue weighted by atomic mass is 10.1. The zero-order valence-electron chi connectivity index (χ0n) is 16.1. The van der Waals surface area contributed by atoms with Gasteiger partial charge in [-0.2, -0.15) is 0 Å². The predicted molar refractivity (Wildman–Crippen MR) is 108 cm³/mol. The van der Waals surface area contributed by atoms with E-state index in [1.807, 2.05) is 0 Å². The van der Waals surface area contributed by atoms with Gasteiger partial charge in [0, 0.05) is 36.7 Å². The highest BCUT2D eigenvalue weighted by atomic mass is 32.1. The van der Waals surface area contributed by atoms with Crippen LogP contribution in [0.15, 0.2) is 23.6 Å². The van der Waals surface area contributed by atoms with Crippen LogP contribution in [0.3, 0.4) is 0 Å². The minimum absolute atomic E-state index is 0.142. The number of rotatable bonds is 7. The zero-order valence-corrected chi connectivity index (χ0v) is 16.9. The standard InChI is InChI=1S/C20H21N3O5S/c1-4-18-21-16(12-29-18)19(25)23(17-5-6-22(7-8-24)20(17)26)13-9-14(27-2)11-15(10-13)28-3/h1,9-12,17,24H,5-8H2,2-3H3. The van der Waals surface area contributed by atoms with Crippen LogP contribution in [0.2, 0.25) is 0 Å². The van der Waals surface area contributed by atoms with Crippen molar-refractivity contribution in [1.82, 2.24) is 9.88 Å². The Morgan fingerprint density at radius 1 is 1.38 bits per heavy atom. The van der Waals surface area contributed by atoms with E-state index in [1.165, 1.54) is 35.4 Å². The third-order valence-electron chi connectivity index (χ3n) is 4.63. The van der Waals surface area contributed by atoms with E-state index in [4.69, 9.17) is 15.9 Å². The Hall–Kier alpha value is -3.09. The van der Waals surface area contributed by atoms with Crippen molar-refractivity contribution in [3.63, 3.8) is 0 Å². The van der Waals surface area contributed by atoms with Gasteiger partial charge in [0.15, 0.2) is 5.01 Å². The van der Waals surface area contributed by atoms with E-state index in [0.29, 0.717) is 35.2 Å². The third kappa shape index (κ3) is 4.18. The molecule has 0 saturated carbocycles. The van der Waals surface area contributed by atoms with Gasteiger partial charge >= 0.3 is 0 Å². The highest BCUT2D eigenvalue weighted by Gasteiger charge is 2.40. The normalized spacial score (nSPS) is 15.9. The number of carbonyl (C=O) groups excluding carboxylic acids is 2. The van der Waals surface area contributed by atoms with Crippen molar-refractivity contribution in [2.75, 3.05) is 38.8 Å². The highest BCUT2D eigenvalue weighted by molar-refractivity contribution is 7.10. The number of anilines is 1. The monoisotopic (exact) mass is 415 g/mol. The summed E-state index contributed by atoms with van der Waals surface area (Å²) in [5, 5.41) is 11.2. The van der Waals surface area contributed by atoms with Crippen LogP contribution in [-0.4, -0.2) is 66.8 Å². The number of aliphatic hydroxyl groups is 1. The molecule has 1 N–H and O–H groups in total. The Balaban J connectivity index is 2.06. The summed E-state index contributed by atoms with van der Waals surface area (Å²) in [4.78, 5) is 33.4. The number of terminal acetylenes is 1. The fourth-order valence-corrected chi connectivity index (χ4v) is 3.83. The molecule has 2 heterocycles. The van der Waals surface area contributed by atoms with Gasteiger partial charge in [-0.25, -0.2) is 4.98 Å². The first-order chi connectivity index (χ1) is 14.0. The second kappa shape index (κ2) is 8.94. The number of hydrogen-bond donors (Lipinski definition) is 1. The molecule has 1 aliphatic heterocycles. The molecule has 3 rings (SSSR count). The molecule has 2 aromatic rings. The molecular weight excluding hydrogens is 394 g/mol. The summed E-state index contributed by atoms with van der Waals surface area (Å²) >= 11 is 1.19. The average Bonchev–Trinajstić information content (AvgIpc) is 3.36. The number of aromatic nitrogens is 1. The molecule has 0 bridgehead atoms.